The van der Waals surface area contributed by atoms with E-state index < -0.39 is 0 Å². The van der Waals surface area contributed by atoms with Gasteiger partial charge in [-0.25, -0.2) is 0 Å². The van der Waals surface area contributed by atoms with E-state index in [9.17, 15) is 4.79 Å². The molecule has 1 saturated heterocycles. The molecule has 0 bridgehead atoms. The van der Waals surface area contributed by atoms with Crippen molar-refractivity contribution in [1.82, 2.24) is 4.90 Å². The monoisotopic (exact) mass is 510 g/mol. The van der Waals surface area contributed by atoms with E-state index >= 15 is 0 Å². The number of allylic oxidation sites excluding steroid dienone is 4. The summed E-state index contributed by atoms with van der Waals surface area (Å²) >= 11 is 0. The third-order valence-electron chi connectivity index (χ3n) is 8.74. The molecule has 39 heavy (non-hydrogen) atoms. The number of hydrogen-bond acceptors (Lipinski definition) is 2. The van der Waals surface area contributed by atoms with E-state index in [1.165, 1.54) is 63.5 Å². The number of benzene rings is 4. The van der Waals surface area contributed by atoms with Crippen molar-refractivity contribution in [3.8, 4) is 0 Å². The number of anilines is 1. The Bertz CT molecular complexity index is 1610. The van der Waals surface area contributed by atoms with Crippen LogP contribution in [0.3, 0.4) is 0 Å². The lowest BCUT2D eigenvalue weighted by molar-refractivity contribution is 0.0746. The fraction of sp³-hybridized carbons (Fsp3) is 0.250. The molecule has 194 valence electrons. The van der Waals surface area contributed by atoms with Gasteiger partial charge in [-0.05, 0) is 95.0 Å². The maximum Gasteiger partial charge on any atom is 0.253 e. The lowest BCUT2D eigenvalue weighted by Crippen LogP contribution is -2.48. The Hall–Kier alpha value is -4.11. The summed E-state index contributed by atoms with van der Waals surface area (Å²) in [6.07, 6.45) is 10.2. The van der Waals surface area contributed by atoms with Gasteiger partial charge in [-0.15, -0.1) is 0 Å². The quantitative estimate of drug-likeness (QED) is 0.285. The Balaban J connectivity index is 1.13. The first-order valence-corrected chi connectivity index (χ1v) is 14.4. The summed E-state index contributed by atoms with van der Waals surface area (Å²) in [6, 6.07) is 30.1. The molecule has 0 spiro atoms. The van der Waals surface area contributed by atoms with Gasteiger partial charge >= 0.3 is 0 Å². The van der Waals surface area contributed by atoms with Crippen molar-refractivity contribution in [2.24, 2.45) is 0 Å². The number of carbonyl (C=O) groups is 1. The van der Waals surface area contributed by atoms with Gasteiger partial charge in [0.25, 0.3) is 5.91 Å². The minimum Gasteiger partial charge on any atom is -0.368 e. The predicted octanol–water partition coefficient (Wildman–Crippen LogP) is 7.44. The van der Waals surface area contributed by atoms with Crippen molar-refractivity contribution in [1.29, 1.82) is 0 Å². The zero-order chi connectivity index (χ0) is 26.2. The molecule has 7 rings (SSSR count). The molecule has 2 aliphatic carbocycles. The second-order valence-corrected chi connectivity index (χ2v) is 11.1. The second kappa shape index (κ2) is 10.2. The third-order valence-corrected chi connectivity index (χ3v) is 8.74. The largest absolute Gasteiger partial charge is 0.368 e. The summed E-state index contributed by atoms with van der Waals surface area (Å²) in [6.45, 7) is 3.23. The van der Waals surface area contributed by atoms with Crippen LogP contribution >= 0.6 is 0 Å². The summed E-state index contributed by atoms with van der Waals surface area (Å²) in [5.41, 5.74) is 10.6. The van der Waals surface area contributed by atoms with E-state index in [2.05, 4.69) is 83.8 Å². The standard InChI is InChI=1S/C36H34N2O/c39-36(38-22-20-37(21-23-38)31-13-2-1-3-14-31)30-12-6-8-26(25-30)24-29-11-7-10-28-17-18-33-32-15-5-4-9-27(32)16-19-34(33)35(28)29/h1-3,5-8,10-15,17-18,25H,4,9,16,19-24H2. The fourth-order valence-corrected chi connectivity index (χ4v) is 6.75. The average molecular weight is 511 g/mol. The van der Waals surface area contributed by atoms with Gasteiger partial charge in [0.05, 0.1) is 0 Å². The lowest BCUT2D eigenvalue weighted by Gasteiger charge is -2.36. The van der Waals surface area contributed by atoms with Crippen molar-refractivity contribution in [2.45, 2.75) is 32.1 Å². The molecule has 3 aliphatic rings. The molecule has 0 unspecified atom stereocenters. The molecule has 1 aliphatic heterocycles. The second-order valence-electron chi connectivity index (χ2n) is 11.1. The molecule has 1 heterocycles. The van der Waals surface area contributed by atoms with E-state index in [4.69, 9.17) is 0 Å². The Morgan fingerprint density at radius 2 is 1.62 bits per heavy atom. The highest BCUT2D eigenvalue weighted by Crippen LogP contribution is 2.41. The molecule has 0 saturated carbocycles. The number of nitrogens with zero attached hydrogens (tertiary/aromatic N) is 2. The van der Waals surface area contributed by atoms with Gasteiger partial charge in [0.1, 0.15) is 0 Å². The van der Waals surface area contributed by atoms with E-state index in [1.807, 2.05) is 23.1 Å². The third kappa shape index (κ3) is 4.57. The SMILES string of the molecule is O=C(c1cccc(Cc2cccc3ccc4c(c23)CCC2=C4C=CCC2)c1)N1CCN(c2ccccc2)CC1. The van der Waals surface area contributed by atoms with Gasteiger partial charge in [-0.1, -0.05) is 78.4 Å². The molecule has 4 aromatic carbocycles. The Labute approximate surface area is 231 Å². The number of hydrogen-bond donors (Lipinski definition) is 0. The van der Waals surface area contributed by atoms with E-state index in [1.54, 1.807) is 5.57 Å². The Morgan fingerprint density at radius 1 is 0.769 bits per heavy atom. The average Bonchev–Trinajstić information content (AvgIpc) is 3.01. The van der Waals surface area contributed by atoms with Crippen LogP contribution in [-0.2, 0) is 12.8 Å². The van der Waals surface area contributed by atoms with Crippen molar-refractivity contribution in [2.75, 3.05) is 31.1 Å². The van der Waals surface area contributed by atoms with Crippen LogP contribution in [0.25, 0.3) is 16.3 Å². The first-order valence-electron chi connectivity index (χ1n) is 14.4. The van der Waals surface area contributed by atoms with Crippen molar-refractivity contribution in [3.63, 3.8) is 0 Å². The fourth-order valence-electron chi connectivity index (χ4n) is 6.75. The van der Waals surface area contributed by atoms with Gasteiger partial charge in [-0.3, -0.25) is 4.79 Å². The van der Waals surface area contributed by atoms with Gasteiger partial charge in [-0.2, -0.15) is 0 Å². The number of amides is 1. The zero-order valence-corrected chi connectivity index (χ0v) is 22.4. The van der Waals surface area contributed by atoms with Crippen LogP contribution in [-0.4, -0.2) is 37.0 Å². The number of rotatable bonds is 4. The Morgan fingerprint density at radius 3 is 2.49 bits per heavy atom. The van der Waals surface area contributed by atoms with E-state index in [0.717, 1.165) is 44.6 Å². The smallest absolute Gasteiger partial charge is 0.253 e. The summed E-state index contributed by atoms with van der Waals surface area (Å²) in [4.78, 5) is 17.9. The molecule has 4 aromatic rings. The molecule has 1 amide bonds. The maximum absolute atomic E-state index is 13.5. The highest BCUT2D eigenvalue weighted by atomic mass is 16.2. The van der Waals surface area contributed by atoms with Crippen LogP contribution in [0, 0.1) is 0 Å². The van der Waals surface area contributed by atoms with Crippen LogP contribution < -0.4 is 4.90 Å². The van der Waals surface area contributed by atoms with Crippen molar-refractivity contribution >= 4 is 27.9 Å². The number of fused-ring (bicyclic) bond motifs is 4. The molecule has 3 nitrogen and oxygen atoms in total. The molecule has 3 heteroatoms. The van der Waals surface area contributed by atoms with Gasteiger partial charge in [0.2, 0.25) is 0 Å². The van der Waals surface area contributed by atoms with Crippen molar-refractivity contribution < 1.29 is 4.79 Å². The molecular formula is C36H34N2O. The predicted molar refractivity (Wildman–Crippen MR) is 161 cm³/mol. The van der Waals surface area contributed by atoms with Crippen LogP contribution in [0.4, 0.5) is 5.69 Å². The number of piperazine rings is 1. The van der Waals surface area contributed by atoms with Crippen LogP contribution in [0.5, 0.6) is 0 Å². The van der Waals surface area contributed by atoms with E-state index in [-0.39, 0.29) is 5.91 Å². The molecule has 1 fully saturated rings. The first kappa shape index (κ1) is 24.0. The summed E-state index contributed by atoms with van der Waals surface area (Å²) < 4.78 is 0. The molecular weight excluding hydrogens is 476 g/mol. The zero-order valence-electron chi connectivity index (χ0n) is 22.4. The highest BCUT2D eigenvalue weighted by molar-refractivity contribution is 5.96. The number of para-hydroxylation sites is 1. The van der Waals surface area contributed by atoms with Gasteiger partial charge < -0.3 is 9.80 Å². The van der Waals surface area contributed by atoms with Crippen LogP contribution in [0.2, 0.25) is 0 Å². The molecule has 0 N–H and O–H groups in total. The van der Waals surface area contributed by atoms with Gasteiger partial charge in [0, 0.05) is 37.4 Å². The molecule has 0 atom stereocenters. The minimum atomic E-state index is 0.142. The van der Waals surface area contributed by atoms with Crippen molar-refractivity contribution in [3.05, 3.63) is 130 Å². The summed E-state index contributed by atoms with van der Waals surface area (Å²) in [5.74, 6) is 0.142. The number of aryl methyl sites for hydroxylation is 1. The summed E-state index contributed by atoms with van der Waals surface area (Å²) in [7, 11) is 0. The number of carbonyl (C=O) groups excluding carboxylic acids is 1. The van der Waals surface area contributed by atoms with E-state index in [0.29, 0.717) is 0 Å². The molecule has 0 aromatic heterocycles. The minimum absolute atomic E-state index is 0.142. The lowest BCUT2D eigenvalue weighted by atomic mass is 9.78. The molecule has 0 radical (unpaired) electrons. The topological polar surface area (TPSA) is 23.6 Å². The summed E-state index contributed by atoms with van der Waals surface area (Å²) in [5, 5.41) is 2.73. The maximum atomic E-state index is 13.5. The highest BCUT2D eigenvalue weighted by Gasteiger charge is 2.24. The normalized spacial score (nSPS) is 16.8. The Kier molecular flexibility index (Phi) is 6.28. The van der Waals surface area contributed by atoms with Crippen LogP contribution in [0.1, 0.15) is 51.9 Å². The first-order chi connectivity index (χ1) is 19.2. The van der Waals surface area contributed by atoms with Crippen LogP contribution in [0.15, 0.2) is 103 Å². The van der Waals surface area contributed by atoms with Gasteiger partial charge in [0.15, 0.2) is 0 Å².